The Morgan fingerprint density at radius 2 is 1.88 bits per heavy atom. The Kier molecular flexibility index (Phi) is 7.83. The molecule has 3 aliphatic carbocycles. The second-order valence-corrected chi connectivity index (χ2v) is 12.5. The number of aromatic nitrogens is 4. The van der Waals surface area contributed by atoms with Gasteiger partial charge in [-0.25, -0.2) is 14.8 Å². The van der Waals surface area contributed by atoms with Crippen LogP contribution in [-0.2, 0) is 16.0 Å². The fraction of sp³-hybridized carbons (Fsp3) is 0.759. The molecule has 1 aliphatic heterocycles. The van der Waals surface area contributed by atoms with Crippen molar-refractivity contribution in [3.63, 3.8) is 0 Å². The molecule has 4 aliphatic rings. The highest BCUT2D eigenvalue weighted by atomic mass is 16.6. The molecular weight excluding hydrogens is 508 g/mol. The number of ether oxygens (including phenoxy) is 2. The van der Waals surface area contributed by atoms with Gasteiger partial charge in [-0.05, 0) is 63.2 Å². The predicted molar refractivity (Wildman–Crippen MR) is 154 cm³/mol. The summed E-state index contributed by atoms with van der Waals surface area (Å²) in [5, 5.41) is 12.0. The fourth-order valence-electron chi connectivity index (χ4n) is 7.15. The maximum absolute atomic E-state index is 11.4. The summed E-state index contributed by atoms with van der Waals surface area (Å²) >= 11 is 0. The number of nitrogens with two attached hydrogens (primary N) is 1. The molecule has 2 aromatic rings. The topological polar surface area (TPSA) is 144 Å². The molecule has 40 heavy (non-hydrogen) atoms. The van der Waals surface area contributed by atoms with E-state index >= 15 is 0 Å². The normalized spacial score (nSPS) is 28.0. The molecule has 1 amide bonds. The van der Waals surface area contributed by atoms with Crippen LogP contribution in [0.3, 0.4) is 0 Å². The first-order valence-electron chi connectivity index (χ1n) is 15.4. The van der Waals surface area contributed by atoms with E-state index < -0.39 is 12.0 Å². The van der Waals surface area contributed by atoms with Gasteiger partial charge in [0.15, 0.2) is 11.5 Å². The third-order valence-electron chi connectivity index (χ3n) is 9.78. The van der Waals surface area contributed by atoms with Crippen LogP contribution in [0.2, 0.25) is 0 Å². The van der Waals surface area contributed by atoms with Crippen LogP contribution in [0.25, 0.3) is 11.2 Å². The Balaban J connectivity index is 1.46. The van der Waals surface area contributed by atoms with Gasteiger partial charge in [0, 0.05) is 19.1 Å². The molecule has 4 fully saturated rings. The van der Waals surface area contributed by atoms with E-state index in [1.54, 1.807) is 0 Å². The first kappa shape index (κ1) is 27.2. The lowest BCUT2D eigenvalue weighted by Gasteiger charge is -2.44. The molecule has 11 nitrogen and oxygen atoms in total. The van der Waals surface area contributed by atoms with Gasteiger partial charge in [-0.15, -0.1) is 0 Å². The van der Waals surface area contributed by atoms with E-state index in [1.165, 1.54) is 57.8 Å². The van der Waals surface area contributed by atoms with Crippen molar-refractivity contribution in [2.24, 2.45) is 23.5 Å². The summed E-state index contributed by atoms with van der Waals surface area (Å²) in [6, 6.07) is 0.498. The number of hydrogen-bond acceptors (Lipinski definition) is 9. The van der Waals surface area contributed by atoms with Gasteiger partial charge >= 0.3 is 6.09 Å². The number of carbonyl (C=O) groups is 1. The third-order valence-corrected chi connectivity index (χ3v) is 9.78. The summed E-state index contributed by atoms with van der Waals surface area (Å²) in [7, 11) is 0. The average molecular weight is 553 g/mol. The molecule has 6 rings (SSSR count). The molecule has 3 saturated carbocycles. The van der Waals surface area contributed by atoms with E-state index in [1.807, 2.05) is 0 Å². The van der Waals surface area contributed by atoms with Gasteiger partial charge in [0.25, 0.3) is 5.90 Å². The van der Waals surface area contributed by atoms with E-state index in [2.05, 4.69) is 33.6 Å². The van der Waals surface area contributed by atoms with Crippen LogP contribution in [0.4, 0.5) is 16.6 Å². The van der Waals surface area contributed by atoms with Crippen LogP contribution >= 0.6 is 0 Å². The lowest BCUT2D eigenvalue weighted by molar-refractivity contribution is -0.00958. The van der Waals surface area contributed by atoms with Crippen molar-refractivity contribution in [2.45, 2.75) is 109 Å². The zero-order valence-corrected chi connectivity index (χ0v) is 23.9. The maximum atomic E-state index is 11.4. The number of carbonyl (C=O) groups excluding carboxylic acids is 1. The Hall–Kier alpha value is -2.95. The van der Waals surface area contributed by atoms with Gasteiger partial charge in [-0.2, -0.15) is 4.98 Å². The quantitative estimate of drug-likeness (QED) is 0.327. The number of anilines is 2. The first-order chi connectivity index (χ1) is 19.4. The minimum absolute atomic E-state index is 0.00909. The monoisotopic (exact) mass is 552 g/mol. The fourth-order valence-corrected chi connectivity index (χ4v) is 7.15. The lowest BCUT2D eigenvalue weighted by atomic mass is 9.80. The SMILES string of the molecule is CC1CCC(Cn2c(N3CCOC4CCCCC43)nc3nc(C(=N)OC(N)=O)nc(N[C@H](C)C4CCC4)c32)CC1. The van der Waals surface area contributed by atoms with Crippen molar-refractivity contribution in [3.05, 3.63) is 5.82 Å². The van der Waals surface area contributed by atoms with Crippen molar-refractivity contribution in [2.75, 3.05) is 23.4 Å². The lowest BCUT2D eigenvalue weighted by Crippen LogP contribution is -2.53. The van der Waals surface area contributed by atoms with Gasteiger partial charge in [0.2, 0.25) is 11.8 Å². The van der Waals surface area contributed by atoms with Gasteiger partial charge in [-0.1, -0.05) is 39.0 Å². The summed E-state index contributed by atoms with van der Waals surface area (Å²) in [5.74, 6) is 3.02. The number of rotatable bonds is 7. The van der Waals surface area contributed by atoms with Crippen LogP contribution in [0, 0.1) is 23.2 Å². The largest absolute Gasteiger partial charge is 0.411 e. The number of imidazole rings is 1. The number of nitrogens with zero attached hydrogens (tertiary/aromatic N) is 5. The molecule has 4 N–H and O–H groups in total. The van der Waals surface area contributed by atoms with E-state index in [4.69, 9.17) is 30.6 Å². The summed E-state index contributed by atoms with van der Waals surface area (Å²) in [6.07, 6.45) is 12.3. The molecule has 2 unspecified atom stereocenters. The van der Waals surface area contributed by atoms with Crippen LogP contribution in [-0.4, -0.2) is 62.8 Å². The average Bonchev–Trinajstić information content (AvgIpc) is 3.26. The molecule has 0 radical (unpaired) electrons. The van der Waals surface area contributed by atoms with Gasteiger partial charge in [-0.3, -0.25) is 5.41 Å². The molecular formula is C29H44N8O3. The second kappa shape index (κ2) is 11.5. The van der Waals surface area contributed by atoms with Crippen molar-refractivity contribution in [1.82, 2.24) is 19.5 Å². The Morgan fingerprint density at radius 1 is 1.10 bits per heavy atom. The number of hydrogen-bond donors (Lipinski definition) is 3. The van der Waals surface area contributed by atoms with E-state index in [0.29, 0.717) is 35.9 Å². The van der Waals surface area contributed by atoms with Gasteiger partial charge in [0.1, 0.15) is 5.52 Å². The Bertz CT molecular complexity index is 1230. The van der Waals surface area contributed by atoms with Crippen LogP contribution in [0.15, 0.2) is 0 Å². The van der Waals surface area contributed by atoms with Crippen molar-refractivity contribution in [1.29, 1.82) is 5.41 Å². The molecule has 2 aromatic heterocycles. The molecule has 218 valence electrons. The summed E-state index contributed by atoms with van der Waals surface area (Å²) < 4.78 is 13.5. The standard InChI is InChI=1S/C29H44N8O3/c1-17-10-12-19(13-11-17)16-37-23-25(32-18(2)20-6-5-7-20)33-27(24(30)40-28(31)38)34-26(23)35-29(37)36-14-15-39-22-9-4-3-8-21(22)36/h17-22,30H,3-16H2,1-2H3,(H2,31,38)(H,32,33,34)/t17?,18-,19?,21?,22?/m1/s1. The van der Waals surface area contributed by atoms with E-state index in [-0.39, 0.29) is 18.0 Å². The molecule has 3 heterocycles. The number of primary amides is 1. The first-order valence-corrected chi connectivity index (χ1v) is 15.4. The number of amides is 1. The molecule has 1 saturated heterocycles. The van der Waals surface area contributed by atoms with Crippen molar-refractivity contribution in [3.8, 4) is 0 Å². The summed E-state index contributed by atoms with van der Waals surface area (Å²) in [4.78, 5) is 28.5. The maximum Gasteiger partial charge on any atom is 0.411 e. The van der Waals surface area contributed by atoms with Gasteiger partial charge < -0.3 is 30.0 Å². The molecule has 3 atom stereocenters. The molecule has 0 spiro atoms. The highest BCUT2D eigenvalue weighted by Gasteiger charge is 2.38. The smallest absolute Gasteiger partial charge is 0.388 e. The highest BCUT2D eigenvalue weighted by Crippen LogP contribution is 2.38. The number of nitrogens with one attached hydrogen (secondary N) is 2. The molecule has 11 heteroatoms. The summed E-state index contributed by atoms with van der Waals surface area (Å²) in [5.41, 5.74) is 6.61. The highest BCUT2D eigenvalue weighted by molar-refractivity contribution is 5.98. The van der Waals surface area contributed by atoms with Crippen molar-refractivity contribution >= 4 is 34.9 Å². The minimum atomic E-state index is -1.06. The van der Waals surface area contributed by atoms with Crippen LogP contribution in [0.5, 0.6) is 0 Å². The molecule has 0 aromatic carbocycles. The number of morpholine rings is 1. The van der Waals surface area contributed by atoms with E-state index in [0.717, 1.165) is 43.3 Å². The zero-order chi connectivity index (χ0) is 27.8. The molecule has 0 bridgehead atoms. The third kappa shape index (κ3) is 5.49. The Labute approximate surface area is 236 Å². The predicted octanol–water partition coefficient (Wildman–Crippen LogP) is 4.82. The minimum Gasteiger partial charge on any atom is -0.388 e. The van der Waals surface area contributed by atoms with Crippen LogP contribution in [0.1, 0.15) is 90.3 Å². The number of fused-ring (bicyclic) bond motifs is 2. The zero-order valence-electron chi connectivity index (χ0n) is 23.9. The van der Waals surface area contributed by atoms with E-state index in [9.17, 15) is 4.79 Å². The van der Waals surface area contributed by atoms with Crippen molar-refractivity contribution < 1.29 is 14.3 Å². The summed E-state index contributed by atoms with van der Waals surface area (Å²) in [6.45, 7) is 6.88. The second-order valence-electron chi connectivity index (χ2n) is 12.5. The van der Waals surface area contributed by atoms with Crippen LogP contribution < -0.4 is 16.0 Å². The van der Waals surface area contributed by atoms with Gasteiger partial charge in [0.05, 0.1) is 18.8 Å². The Morgan fingerprint density at radius 3 is 2.60 bits per heavy atom.